The van der Waals surface area contributed by atoms with Crippen LogP contribution in [0.3, 0.4) is 0 Å². The van der Waals surface area contributed by atoms with E-state index in [4.69, 9.17) is 9.47 Å². The van der Waals surface area contributed by atoms with E-state index in [-0.39, 0.29) is 23.7 Å². The van der Waals surface area contributed by atoms with Crippen LogP contribution in [0.5, 0.6) is 0 Å². The van der Waals surface area contributed by atoms with E-state index in [1.807, 2.05) is 20.8 Å². The van der Waals surface area contributed by atoms with Gasteiger partial charge >= 0.3 is 5.97 Å². The molecule has 1 saturated carbocycles. The number of esters is 1. The van der Waals surface area contributed by atoms with Crippen LogP contribution in [0.25, 0.3) is 0 Å². The van der Waals surface area contributed by atoms with Crippen molar-refractivity contribution in [3.05, 3.63) is 0 Å². The molecule has 1 heterocycles. The molecule has 2 aliphatic rings. The molecule has 1 N–H and O–H groups in total. The van der Waals surface area contributed by atoms with Gasteiger partial charge in [0.15, 0.2) is 0 Å². The van der Waals surface area contributed by atoms with Crippen molar-refractivity contribution in [3.63, 3.8) is 0 Å². The van der Waals surface area contributed by atoms with Crippen molar-refractivity contribution >= 4 is 5.97 Å². The molecule has 4 heteroatoms. The standard InChI is InChI=1S/C12H20O4/c1-12(2,3)16-11(14)10-7-4-9(13)8(10)6-15-5-7/h7-10,13H,4-6H2,1-3H3/t7-,8-,9-,10?/m1/s1. The fourth-order valence-corrected chi connectivity index (χ4v) is 2.70. The zero-order chi connectivity index (χ0) is 11.9. The normalized spacial score (nSPS) is 38.5. The molecule has 0 aromatic carbocycles. The van der Waals surface area contributed by atoms with Crippen LogP contribution in [0.1, 0.15) is 27.2 Å². The highest BCUT2D eigenvalue weighted by Crippen LogP contribution is 2.42. The second-order valence-electron chi connectivity index (χ2n) is 5.82. The van der Waals surface area contributed by atoms with Crippen LogP contribution in [0.15, 0.2) is 0 Å². The lowest BCUT2D eigenvalue weighted by Gasteiger charge is -2.31. The molecule has 1 aliphatic heterocycles. The van der Waals surface area contributed by atoms with Crippen LogP contribution in [0.2, 0.25) is 0 Å². The molecular formula is C12H20O4. The molecule has 2 bridgehead atoms. The van der Waals surface area contributed by atoms with E-state index >= 15 is 0 Å². The van der Waals surface area contributed by atoms with Gasteiger partial charge in [0.2, 0.25) is 0 Å². The average molecular weight is 228 g/mol. The minimum atomic E-state index is -0.459. The average Bonchev–Trinajstić information content (AvgIpc) is 2.31. The maximum atomic E-state index is 12.0. The van der Waals surface area contributed by atoms with E-state index in [0.717, 1.165) is 0 Å². The van der Waals surface area contributed by atoms with E-state index in [2.05, 4.69) is 0 Å². The van der Waals surface area contributed by atoms with Crippen molar-refractivity contribution in [3.8, 4) is 0 Å². The molecule has 92 valence electrons. The first-order chi connectivity index (χ1) is 7.38. The summed E-state index contributed by atoms with van der Waals surface area (Å²) in [6.07, 6.45) is 0.249. The fourth-order valence-electron chi connectivity index (χ4n) is 2.70. The van der Waals surface area contributed by atoms with Crippen molar-refractivity contribution in [2.45, 2.75) is 38.9 Å². The summed E-state index contributed by atoms with van der Waals surface area (Å²) >= 11 is 0. The van der Waals surface area contributed by atoms with Gasteiger partial charge in [-0.15, -0.1) is 0 Å². The summed E-state index contributed by atoms with van der Waals surface area (Å²) in [5, 5.41) is 9.83. The lowest BCUT2D eigenvalue weighted by Crippen LogP contribution is -2.40. The first-order valence-corrected chi connectivity index (χ1v) is 5.87. The third kappa shape index (κ3) is 2.23. The Morgan fingerprint density at radius 1 is 1.38 bits per heavy atom. The molecule has 2 rings (SSSR count). The minimum absolute atomic E-state index is 0.0754. The summed E-state index contributed by atoms with van der Waals surface area (Å²) in [4.78, 5) is 12.0. The Labute approximate surface area is 95.9 Å². The smallest absolute Gasteiger partial charge is 0.310 e. The van der Waals surface area contributed by atoms with Crippen molar-refractivity contribution in [2.75, 3.05) is 13.2 Å². The molecule has 4 atom stereocenters. The number of aliphatic hydroxyl groups is 1. The molecule has 0 amide bonds. The first-order valence-electron chi connectivity index (χ1n) is 5.87. The summed E-state index contributed by atoms with van der Waals surface area (Å²) in [5.41, 5.74) is -0.459. The Balaban J connectivity index is 2.07. The fraction of sp³-hybridized carbons (Fsp3) is 0.917. The highest BCUT2D eigenvalue weighted by molar-refractivity contribution is 5.74. The summed E-state index contributed by atoms with van der Waals surface area (Å²) < 4.78 is 10.8. The lowest BCUT2D eigenvalue weighted by atomic mass is 9.88. The van der Waals surface area contributed by atoms with Crippen molar-refractivity contribution in [2.24, 2.45) is 17.8 Å². The van der Waals surface area contributed by atoms with Crippen LogP contribution in [-0.2, 0) is 14.3 Å². The van der Waals surface area contributed by atoms with Gasteiger partial charge in [-0.25, -0.2) is 0 Å². The van der Waals surface area contributed by atoms with Gasteiger partial charge in [-0.3, -0.25) is 4.79 Å². The Hall–Kier alpha value is -0.610. The first kappa shape index (κ1) is 11.9. The van der Waals surface area contributed by atoms with Gasteiger partial charge in [-0.1, -0.05) is 0 Å². The highest BCUT2D eigenvalue weighted by Gasteiger charge is 2.50. The highest BCUT2D eigenvalue weighted by atomic mass is 16.6. The maximum Gasteiger partial charge on any atom is 0.310 e. The molecule has 1 unspecified atom stereocenters. The minimum Gasteiger partial charge on any atom is -0.460 e. The van der Waals surface area contributed by atoms with E-state index in [9.17, 15) is 9.90 Å². The Bertz CT molecular complexity index is 281. The molecule has 1 aliphatic carbocycles. The SMILES string of the molecule is CC(C)(C)OC(=O)C1[C@H]2COC[C@@H]1[C@H](O)C2. The molecule has 16 heavy (non-hydrogen) atoms. The Morgan fingerprint density at radius 2 is 2.06 bits per heavy atom. The van der Waals surface area contributed by atoms with Gasteiger partial charge in [0.25, 0.3) is 0 Å². The number of carbonyl (C=O) groups excluding carboxylic acids is 1. The molecule has 2 fully saturated rings. The molecule has 0 radical (unpaired) electrons. The van der Waals surface area contributed by atoms with Crippen molar-refractivity contribution < 1.29 is 19.4 Å². The molecule has 0 spiro atoms. The Kier molecular flexibility index (Phi) is 2.97. The van der Waals surface area contributed by atoms with Crippen LogP contribution >= 0.6 is 0 Å². The summed E-state index contributed by atoms with van der Waals surface area (Å²) in [5.74, 6) is -0.303. The van der Waals surface area contributed by atoms with E-state index in [1.165, 1.54) is 0 Å². The topological polar surface area (TPSA) is 55.8 Å². The summed E-state index contributed by atoms with van der Waals surface area (Å²) in [6, 6.07) is 0. The van der Waals surface area contributed by atoms with Gasteiger partial charge in [-0.2, -0.15) is 0 Å². The second kappa shape index (κ2) is 4.00. The molecule has 0 aromatic heterocycles. The predicted molar refractivity (Wildman–Crippen MR) is 57.8 cm³/mol. The number of fused-ring (bicyclic) bond motifs is 2. The summed E-state index contributed by atoms with van der Waals surface area (Å²) in [6.45, 7) is 6.63. The van der Waals surface area contributed by atoms with Crippen LogP contribution in [-0.4, -0.2) is 36.0 Å². The van der Waals surface area contributed by atoms with Gasteiger partial charge < -0.3 is 14.6 Å². The molecular weight excluding hydrogens is 208 g/mol. The third-order valence-corrected chi connectivity index (χ3v) is 3.33. The van der Waals surface area contributed by atoms with Crippen LogP contribution in [0.4, 0.5) is 0 Å². The third-order valence-electron chi connectivity index (χ3n) is 3.33. The molecule has 0 aromatic rings. The Morgan fingerprint density at radius 3 is 2.62 bits per heavy atom. The number of carbonyl (C=O) groups is 1. The maximum absolute atomic E-state index is 12.0. The molecule has 4 nitrogen and oxygen atoms in total. The zero-order valence-corrected chi connectivity index (χ0v) is 10.1. The van der Waals surface area contributed by atoms with Crippen molar-refractivity contribution in [1.29, 1.82) is 0 Å². The number of aliphatic hydroxyl groups excluding tert-OH is 1. The number of rotatable bonds is 1. The van der Waals surface area contributed by atoms with Gasteiger partial charge in [0.05, 0.1) is 25.2 Å². The number of hydrogen-bond donors (Lipinski definition) is 1. The number of hydrogen-bond acceptors (Lipinski definition) is 4. The predicted octanol–water partition coefficient (Wildman–Crippen LogP) is 0.971. The zero-order valence-electron chi connectivity index (χ0n) is 10.1. The number of ether oxygens (including phenoxy) is 2. The van der Waals surface area contributed by atoms with E-state index in [1.54, 1.807) is 0 Å². The van der Waals surface area contributed by atoms with Crippen LogP contribution in [0, 0.1) is 17.8 Å². The van der Waals surface area contributed by atoms with E-state index < -0.39 is 11.7 Å². The molecule has 1 saturated heterocycles. The van der Waals surface area contributed by atoms with Crippen molar-refractivity contribution in [1.82, 2.24) is 0 Å². The summed E-state index contributed by atoms with van der Waals surface area (Å²) in [7, 11) is 0. The quantitative estimate of drug-likeness (QED) is 0.679. The lowest BCUT2D eigenvalue weighted by molar-refractivity contribution is -0.168. The monoisotopic (exact) mass is 228 g/mol. The largest absolute Gasteiger partial charge is 0.460 e. The van der Waals surface area contributed by atoms with Gasteiger partial charge in [0.1, 0.15) is 5.60 Å². The van der Waals surface area contributed by atoms with Crippen LogP contribution < -0.4 is 0 Å². The van der Waals surface area contributed by atoms with Gasteiger partial charge in [0, 0.05) is 5.92 Å². The van der Waals surface area contributed by atoms with E-state index in [0.29, 0.717) is 19.6 Å². The van der Waals surface area contributed by atoms with Gasteiger partial charge in [-0.05, 0) is 33.1 Å². The second-order valence-corrected chi connectivity index (χ2v) is 5.82.